The molecule has 3 aromatic carbocycles. The van der Waals surface area contributed by atoms with Crippen molar-refractivity contribution in [3.63, 3.8) is 0 Å². The van der Waals surface area contributed by atoms with E-state index < -0.39 is 0 Å². The molecule has 146 valence electrons. The standard InChI is InChI=1S/C25H22O4/c1-2-18(12-13-26)19-8-10-21-22-11-9-20(28-16-17-6-4-3-5-7-17)15-24(22)29-25(27)23(21)14-19/h3-12,14-15,26H,2,13,16H2,1H3/b18-12-. The summed E-state index contributed by atoms with van der Waals surface area (Å²) in [5.41, 5.74) is 3.11. The van der Waals surface area contributed by atoms with Gasteiger partial charge in [0.15, 0.2) is 0 Å². The Hall–Kier alpha value is -3.37. The van der Waals surface area contributed by atoms with Crippen LogP contribution in [0.3, 0.4) is 0 Å². The lowest BCUT2D eigenvalue weighted by atomic mass is 9.99. The van der Waals surface area contributed by atoms with Gasteiger partial charge in [-0.1, -0.05) is 55.5 Å². The van der Waals surface area contributed by atoms with Gasteiger partial charge in [0, 0.05) is 11.5 Å². The van der Waals surface area contributed by atoms with Gasteiger partial charge in [-0.05, 0) is 46.7 Å². The summed E-state index contributed by atoms with van der Waals surface area (Å²) in [6, 6.07) is 21.2. The number of aliphatic hydroxyl groups excluding tert-OH is 1. The van der Waals surface area contributed by atoms with Crippen LogP contribution in [0, 0.1) is 0 Å². The van der Waals surface area contributed by atoms with Crippen LogP contribution < -0.4 is 10.4 Å². The maximum atomic E-state index is 12.6. The van der Waals surface area contributed by atoms with E-state index in [0.29, 0.717) is 23.3 Å². The summed E-state index contributed by atoms with van der Waals surface area (Å²) in [5, 5.41) is 11.4. The number of fused-ring (bicyclic) bond motifs is 3. The zero-order valence-corrected chi connectivity index (χ0v) is 16.2. The van der Waals surface area contributed by atoms with Gasteiger partial charge in [0.2, 0.25) is 0 Å². The molecule has 0 aliphatic heterocycles. The average molecular weight is 386 g/mol. The van der Waals surface area contributed by atoms with E-state index in [2.05, 4.69) is 0 Å². The number of aliphatic hydroxyl groups is 1. The number of rotatable bonds is 6. The lowest BCUT2D eigenvalue weighted by molar-refractivity contribution is 0.306. The monoisotopic (exact) mass is 386 g/mol. The Kier molecular flexibility index (Phi) is 5.45. The number of hydrogen-bond acceptors (Lipinski definition) is 4. The molecule has 1 aromatic heterocycles. The summed E-state index contributed by atoms with van der Waals surface area (Å²) in [5.74, 6) is 0.652. The number of benzene rings is 3. The molecule has 0 amide bonds. The zero-order chi connectivity index (χ0) is 20.2. The van der Waals surface area contributed by atoms with Crippen molar-refractivity contribution in [1.82, 2.24) is 0 Å². The Balaban J connectivity index is 1.72. The van der Waals surface area contributed by atoms with E-state index in [0.717, 1.165) is 33.9 Å². The van der Waals surface area contributed by atoms with Gasteiger partial charge in [-0.3, -0.25) is 0 Å². The van der Waals surface area contributed by atoms with Crippen LogP contribution in [0.1, 0.15) is 24.5 Å². The van der Waals surface area contributed by atoms with Crippen LogP contribution in [0.15, 0.2) is 82.0 Å². The predicted octanol–water partition coefficient (Wildman–Crippen LogP) is 5.31. The molecule has 0 fully saturated rings. The van der Waals surface area contributed by atoms with Gasteiger partial charge in [0.05, 0.1) is 12.0 Å². The molecule has 0 saturated heterocycles. The van der Waals surface area contributed by atoms with Gasteiger partial charge in [-0.15, -0.1) is 0 Å². The second-order valence-corrected chi connectivity index (χ2v) is 6.85. The van der Waals surface area contributed by atoms with Gasteiger partial charge in [-0.25, -0.2) is 4.79 Å². The topological polar surface area (TPSA) is 59.7 Å². The molecule has 0 bridgehead atoms. The molecule has 0 saturated carbocycles. The van der Waals surface area contributed by atoms with E-state index in [1.807, 2.05) is 67.6 Å². The van der Waals surface area contributed by atoms with Crippen molar-refractivity contribution in [2.75, 3.05) is 6.61 Å². The quantitative estimate of drug-likeness (QED) is 0.360. The first kappa shape index (κ1) is 19.0. The molecule has 4 aromatic rings. The normalized spacial score (nSPS) is 11.9. The minimum absolute atomic E-state index is 0.0285. The van der Waals surface area contributed by atoms with Crippen LogP contribution >= 0.6 is 0 Å². The fraction of sp³-hybridized carbons (Fsp3) is 0.160. The Labute approximate surface area is 168 Å². The van der Waals surface area contributed by atoms with Crippen LogP contribution in [-0.4, -0.2) is 11.7 Å². The minimum Gasteiger partial charge on any atom is -0.489 e. The third-order valence-electron chi connectivity index (χ3n) is 5.02. The molecule has 0 spiro atoms. The van der Waals surface area contributed by atoms with Crippen molar-refractivity contribution < 1.29 is 14.3 Å². The first-order valence-electron chi connectivity index (χ1n) is 9.67. The van der Waals surface area contributed by atoms with Crippen LogP contribution in [0.2, 0.25) is 0 Å². The Morgan fingerprint density at radius 2 is 1.79 bits per heavy atom. The molecule has 0 aliphatic carbocycles. The van der Waals surface area contributed by atoms with Crippen molar-refractivity contribution in [3.8, 4) is 5.75 Å². The molecule has 1 heterocycles. The highest BCUT2D eigenvalue weighted by Crippen LogP contribution is 2.29. The highest BCUT2D eigenvalue weighted by molar-refractivity contribution is 6.05. The number of allylic oxidation sites excluding steroid dienone is 1. The lowest BCUT2D eigenvalue weighted by Gasteiger charge is -2.10. The van der Waals surface area contributed by atoms with Crippen molar-refractivity contribution in [2.24, 2.45) is 0 Å². The summed E-state index contributed by atoms with van der Waals surface area (Å²) in [6.45, 7) is 2.44. The van der Waals surface area contributed by atoms with E-state index in [1.165, 1.54) is 0 Å². The summed E-state index contributed by atoms with van der Waals surface area (Å²) in [6.07, 6.45) is 2.53. The molecule has 4 nitrogen and oxygen atoms in total. The van der Waals surface area contributed by atoms with E-state index in [9.17, 15) is 9.90 Å². The largest absolute Gasteiger partial charge is 0.489 e. The van der Waals surface area contributed by atoms with Crippen molar-refractivity contribution in [3.05, 3.63) is 94.4 Å². The molecule has 0 aliphatic rings. The highest BCUT2D eigenvalue weighted by Gasteiger charge is 2.11. The molecule has 0 radical (unpaired) electrons. The molecule has 0 unspecified atom stereocenters. The Morgan fingerprint density at radius 1 is 1.00 bits per heavy atom. The summed E-state index contributed by atoms with van der Waals surface area (Å²) >= 11 is 0. The lowest BCUT2D eigenvalue weighted by Crippen LogP contribution is -2.01. The molecular formula is C25H22O4. The third-order valence-corrected chi connectivity index (χ3v) is 5.02. The minimum atomic E-state index is -0.381. The molecule has 1 N–H and O–H groups in total. The number of hydrogen-bond donors (Lipinski definition) is 1. The average Bonchev–Trinajstić information content (AvgIpc) is 2.76. The summed E-state index contributed by atoms with van der Waals surface area (Å²) < 4.78 is 11.4. The van der Waals surface area contributed by atoms with E-state index in [4.69, 9.17) is 9.15 Å². The second kappa shape index (κ2) is 8.33. The maximum absolute atomic E-state index is 12.6. The van der Waals surface area contributed by atoms with Crippen LogP contribution in [0.4, 0.5) is 0 Å². The molecule has 4 heteroatoms. The van der Waals surface area contributed by atoms with Gasteiger partial charge in [-0.2, -0.15) is 0 Å². The molecule has 29 heavy (non-hydrogen) atoms. The third kappa shape index (κ3) is 3.93. The number of ether oxygens (including phenoxy) is 1. The zero-order valence-electron chi connectivity index (χ0n) is 16.2. The van der Waals surface area contributed by atoms with Crippen LogP contribution in [-0.2, 0) is 6.61 Å². The molecule has 4 rings (SSSR count). The Morgan fingerprint density at radius 3 is 2.55 bits per heavy atom. The first-order chi connectivity index (χ1) is 14.2. The van der Waals surface area contributed by atoms with E-state index in [-0.39, 0.29) is 12.2 Å². The predicted molar refractivity (Wildman–Crippen MR) is 116 cm³/mol. The maximum Gasteiger partial charge on any atom is 0.344 e. The van der Waals surface area contributed by atoms with E-state index in [1.54, 1.807) is 12.1 Å². The summed E-state index contributed by atoms with van der Waals surface area (Å²) in [4.78, 5) is 12.6. The highest BCUT2D eigenvalue weighted by atomic mass is 16.5. The second-order valence-electron chi connectivity index (χ2n) is 6.85. The van der Waals surface area contributed by atoms with Crippen LogP contribution in [0.25, 0.3) is 27.3 Å². The van der Waals surface area contributed by atoms with Crippen molar-refractivity contribution in [2.45, 2.75) is 20.0 Å². The van der Waals surface area contributed by atoms with Gasteiger partial charge in [0.1, 0.15) is 17.9 Å². The Bertz CT molecular complexity index is 1240. The fourth-order valence-corrected chi connectivity index (χ4v) is 3.52. The van der Waals surface area contributed by atoms with E-state index >= 15 is 0 Å². The van der Waals surface area contributed by atoms with Gasteiger partial charge >= 0.3 is 5.63 Å². The SMILES string of the molecule is CC/C(=C/CO)c1ccc2c(c1)c(=O)oc1cc(OCc3ccccc3)ccc12. The van der Waals surface area contributed by atoms with Crippen molar-refractivity contribution in [1.29, 1.82) is 0 Å². The first-order valence-corrected chi connectivity index (χ1v) is 9.67. The van der Waals surface area contributed by atoms with Crippen LogP contribution in [0.5, 0.6) is 5.75 Å². The summed E-state index contributed by atoms with van der Waals surface area (Å²) in [7, 11) is 0. The van der Waals surface area contributed by atoms with Gasteiger partial charge in [0.25, 0.3) is 0 Å². The van der Waals surface area contributed by atoms with Gasteiger partial charge < -0.3 is 14.3 Å². The van der Waals surface area contributed by atoms with Crippen molar-refractivity contribution >= 4 is 27.3 Å². The fourth-order valence-electron chi connectivity index (χ4n) is 3.52. The smallest absolute Gasteiger partial charge is 0.344 e. The molecular weight excluding hydrogens is 364 g/mol. The molecule has 0 atom stereocenters.